The molecule has 1 amide bonds. The number of nitriles is 1. The molecule has 0 radical (unpaired) electrons. The molecule has 1 aliphatic rings. The van der Waals surface area contributed by atoms with E-state index in [1.807, 2.05) is 0 Å². The molecule has 1 fully saturated rings. The van der Waals surface area contributed by atoms with E-state index in [9.17, 15) is 19.6 Å². The number of nitrogens with zero attached hydrogens (tertiary/aromatic N) is 1. The van der Waals surface area contributed by atoms with Crippen molar-refractivity contribution in [1.29, 1.82) is 5.26 Å². The van der Waals surface area contributed by atoms with E-state index in [1.54, 1.807) is 18.2 Å². The third-order valence-corrected chi connectivity index (χ3v) is 5.47. The molecule has 8 heteroatoms. The molecule has 0 spiro atoms. The third-order valence-electron chi connectivity index (χ3n) is 4.98. The van der Waals surface area contributed by atoms with Crippen LogP contribution >= 0.6 is 15.9 Å². The van der Waals surface area contributed by atoms with Gasteiger partial charge in [-0.25, -0.2) is 0 Å². The molecular weight excluding hydrogens is 440 g/mol. The number of amides is 1. The van der Waals surface area contributed by atoms with Gasteiger partial charge in [-0.15, -0.1) is 0 Å². The first-order valence-corrected chi connectivity index (χ1v) is 10.4. The van der Waals surface area contributed by atoms with Crippen LogP contribution in [0.5, 0.6) is 5.75 Å². The molecule has 0 aliphatic heterocycles. The Kier molecular flexibility index (Phi) is 8.21. The van der Waals surface area contributed by atoms with Crippen LogP contribution in [0.2, 0.25) is 0 Å². The van der Waals surface area contributed by atoms with Crippen molar-refractivity contribution in [1.82, 2.24) is 5.32 Å². The van der Waals surface area contributed by atoms with Crippen molar-refractivity contribution in [2.45, 2.75) is 63.5 Å². The van der Waals surface area contributed by atoms with Gasteiger partial charge in [0.2, 0.25) is 0 Å². The maximum atomic E-state index is 12.4. The highest BCUT2D eigenvalue weighted by atomic mass is 79.9. The first kappa shape index (κ1) is 22.9. The number of Topliss-reactive ketones (excluding diaryl/α,β-unsaturated/α-hetero) is 1. The Morgan fingerprint density at radius 3 is 2.55 bits per heavy atom. The fourth-order valence-electron chi connectivity index (χ4n) is 3.32. The zero-order valence-electron chi connectivity index (χ0n) is 16.6. The molecule has 1 aliphatic carbocycles. The van der Waals surface area contributed by atoms with Gasteiger partial charge in [-0.05, 0) is 38.0 Å². The predicted octanol–water partition coefficient (Wildman–Crippen LogP) is 3.69. The summed E-state index contributed by atoms with van der Waals surface area (Å²) >= 11 is 3.31. The maximum absolute atomic E-state index is 12.4. The number of ether oxygens (including phenoxy) is 2. The van der Waals surface area contributed by atoms with Gasteiger partial charge in [0.1, 0.15) is 11.3 Å². The quantitative estimate of drug-likeness (QED) is 0.464. The van der Waals surface area contributed by atoms with Gasteiger partial charge in [0, 0.05) is 10.9 Å². The van der Waals surface area contributed by atoms with E-state index in [4.69, 9.17) is 9.47 Å². The van der Waals surface area contributed by atoms with E-state index < -0.39 is 23.5 Å². The minimum Gasteiger partial charge on any atom is -0.496 e. The highest BCUT2D eigenvalue weighted by Crippen LogP contribution is 2.28. The summed E-state index contributed by atoms with van der Waals surface area (Å²) in [5, 5.41) is 12.2. The summed E-state index contributed by atoms with van der Waals surface area (Å²) in [6.45, 7) is 1.46. The van der Waals surface area contributed by atoms with E-state index in [-0.39, 0.29) is 18.6 Å². The molecule has 1 saturated carbocycles. The molecule has 29 heavy (non-hydrogen) atoms. The van der Waals surface area contributed by atoms with E-state index in [0.29, 0.717) is 24.2 Å². The van der Waals surface area contributed by atoms with Crippen LogP contribution in [0.1, 0.15) is 62.2 Å². The van der Waals surface area contributed by atoms with Crippen molar-refractivity contribution in [3.63, 3.8) is 0 Å². The summed E-state index contributed by atoms with van der Waals surface area (Å²) in [5.74, 6) is -0.983. The lowest BCUT2D eigenvalue weighted by Crippen LogP contribution is -2.52. The number of ketones is 1. The molecule has 2 rings (SSSR count). The molecule has 1 aromatic rings. The molecule has 1 unspecified atom stereocenters. The number of carbonyl (C=O) groups is 3. The summed E-state index contributed by atoms with van der Waals surface area (Å²) in [6, 6.07) is 7.25. The number of hydrogen-bond acceptors (Lipinski definition) is 6. The molecule has 0 aromatic heterocycles. The van der Waals surface area contributed by atoms with Crippen molar-refractivity contribution in [3.05, 3.63) is 28.2 Å². The largest absolute Gasteiger partial charge is 0.496 e. The number of benzene rings is 1. The lowest BCUT2D eigenvalue weighted by Gasteiger charge is -2.32. The summed E-state index contributed by atoms with van der Waals surface area (Å²) in [5.41, 5.74) is -0.517. The Morgan fingerprint density at radius 1 is 1.24 bits per heavy atom. The Balaban J connectivity index is 1.87. The number of carbonyl (C=O) groups excluding carboxylic acids is 3. The highest BCUT2D eigenvalue weighted by molar-refractivity contribution is 9.10. The fraction of sp³-hybridized carbons (Fsp3) is 0.524. The van der Waals surface area contributed by atoms with E-state index >= 15 is 0 Å². The normalized spacial score (nSPS) is 16.2. The number of halogens is 1. The molecule has 1 N–H and O–H groups in total. The van der Waals surface area contributed by atoms with E-state index in [1.165, 1.54) is 14.0 Å². The van der Waals surface area contributed by atoms with Crippen LogP contribution in [0.4, 0.5) is 0 Å². The van der Waals surface area contributed by atoms with Gasteiger partial charge in [-0.2, -0.15) is 5.26 Å². The number of hydrogen-bond donors (Lipinski definition) is 1. The molecule has 0 saturated heterocycles. The average Bonchev–Trinajstić information content (AvgIpc) is 2.72. The van der Waals surface area contributed by atoms with E-state index in [0.717, 1.165) is 23.7 Å². The van der Waals surface area contributed by atoms with Crippen molar-refractivity contribution < 1.29 is 23.9 Å². The second kappa shape index (κ2) is 10.4. The Morgan fingerprint density at radius 2 is 1.93 bits per heavy atom. The van der Waals surface area contributed by atoms with Crippen LogP contribution < -0.4 is 10.1 Å². The molecule has 0 heterocycles. The van der Waals surface area contributed by atoms with Gasteiger partial charge in [0.15, 0.2) is 11.9 Å². The van der Waals surface area contributed by atoms with Gasteiger partial charge in [-0.3, -0.25) is 14.4 Å². The molecule has 0 bridgehead atoms. The summed E-state index contributed by atoms with van der Waals surface area (Å²) < 4.78 is 11.1. The minimum absolute atomic E-state index is 0.0673. The van der Waals surface area contributed by atoms with E-state index in [2.05, 4.69) is 27.3 Å². The van der Waals surface area contributed by atoms with Crippen molar-refractivity contribution >= 4 is 33.6 Å². The monoisotopic (exact) mass is 464 g/mol. The Hall–Kier alpha value is -2.40. The van der Waals surface area contributed by atoms with Crippen molar-refractivity contribution in [2.24, 2.45) is 0 Å². The average molecular weight is 465 g/mol. The smallest absolute Gasteiger partial charge is 0.307 e. The number of nitrogens with one attached hydrogen (secondary N) is 1. The Bertz CT molecular complexity index is 812. The van der Waals surface area contributed by atoms with Crippen LogP contribution in [0.15, 0.2) is 22.7 Å². The molecule has 1 atom stereocenters. The lowest BCUT2D eigenvalue weighted by atomic mass is 9.83. The fourth-order valence-corrected chi connectivity index (χ4v) is 3.68. The van der Waals surface area contributed by atoms with Crippen molar-refractivity contribution in [2.75, 3.05) is 7.11 Å². The predicted molar refractivity (Wildman–Crippen MR) is 109 cm³/mol. The lowest BCUT2D eigenvalue weighted by molar-refractivity contribution is -0.155. The molecule has 7 nitrogen and oxygen atoms in total. The first-order valence-electron chi connectivity index (χ1n) is 9.60. The zero-order chi connectivity index (χ0) is 21.4. The topological polar surface area (TPSA) is 105 Å². The second-order valence-electron chi connectivity index (χ2n) is 7.14. The van der Waals surface area contributed by atoms with Gasteiger partial charge in [0.25, 0.3) is 5.91 Å². The third kappa shape index (κ3) is 6.29. The second-order valence-corrected chi connectivity index (χ2v) is 8.06. The van der Waals surface area contributed by atoms with Crippen LogP contribution in [-0.4, -0.2) is 36.4 Å². The van der Waals surface area contributed by atoms with Gasteiger partial charge < -0.3 is 14.8 Å². The molecule has 156 valence electrons. The minimum atomic E-state index is -1.04. The SMILES string of the molecule is COc1ccc(Br)cc1C(=O)CCC(=O)OC(C)C(=O)NC1(C#N)CCCCC1. The first-order chi connectivity index (χ1) is 13.8. The molecule has 1 aromatic carbocycles. The van der Waals surface area contributed by atoms with Gasteiger partial charge in [0.05, 0.1) is 25.2 Å². The Labute approximate surface area is 178 Å². The molecular formula is C21H25BrN2O5. The van der Waals surface area contributed by atoms with Crippen LogP contribution in [0, 0.1) is 11.3 Å². The van der Waals surface area contributed by atoms with Crippen LogP contribution in [0.25, 0.3) is 0 Å². The standard InChI is InChI=1S/C21H25BrN2O5/c1-14(20(27)24-21(13-23)10-4-3-5-11-21)29-19(26)9-7-17(25)16-12-15(22)6-8-18(16)28-2/h6,8,12,14H,3-5,7,9-11H2,1-2H3,(H,24,27). The highest BCUT2D eigenvalue weighted by Gasteiger charge is 2.35. The number of esters is 1. The number of rotatable bonds is 8. The van der Waals surface area contributed by atoms with Gasteiger partial charge in [-0.1, -0.05) is 35.2 Å². The summed E-state index contributed by atoms with van der Waals surface area (Å²) in [6.07, 6.45) is 2.73. The van der Waals surface area contributed by atoms with Gasteiger partial charge >= 0.3 is 5.97 Å². The van der Waals surface area contributed by atoms with Crippen molar-refractivity contribution in [3.8, 4) is 11.8 Å². The number of methoxy groups -OCH3 is 1. The zero-order valence-corrected chi connectivity index (χ0v) is 18.2. The van der Waals surface area contributed by atoms with Crippen LogP contribution in [-0.2, 0) is 14.3 Å². The maximum Gasteiger partial charge on any atom is 0.307 e. The summed E-state index contributed by atoms with van der Waals surface area (Å²) in [4.78, 5) is 36.9. The van der Waals surface area contributed by atoms with Crippen LogP contribution in [0.3, 0.4) is 0 Å². The summed E-state index contributed by atoms with van der Waals surface area (Å²) in [7, 11) is 1.47.